The van der Waals surface area contributed by atoms with E-state index in [0.29, 0.717) is 12.8 Å². The van der Waals surface area contributed by atoms with E-state index in [0.717, 1.165) is 25.0 Å². The summed E-state index contributed by atoms with van der Waals surface area (Å²) in [6.45, 7) is -0.269. The van der Waals surface area contributed by atoms with E-state index in [4.69, 9.17) is 4.74 Å². The SMILES string of the molecule is N#CC1(C(=O)NCC(Oc2ccc(F)cc2)C(=O)O)CCCC1. The molecule has 1 atom stereocenters. The summed E-state index contributed by atoms with van der Waals surface area (Å²) < 4.78 is 18.1. The van der Waals surface area contributed by atoms with Crippen molar-refractivity contribution in [1.29, 1.82) is 5.26 Å². The average molecular weight is 320 g/mol. The summed E-state index contributed by atoms with van der Waals surface area (Å²) in [5.74, 6) is -2.00. The van der Waals surface area contributed by atoms with E-state index in [1.54, 1.807) is 0 Å². The topological polar surface area (TPSA) is 99.4 Å². The Morgan fingerprint density at radius 1 is 1.35 bits per heavy atom. The minimum Gasteiger partial charge on any atom is -0.478 e. The minimum absolute atomic E-state index is 0.184. The number of carbonyl (C=O) groups excluding carboxylic acids is 1. The standard InChI is InChI=1S/C16H17FN2O4/c17-11-3-5-12(6-4-11)23-13(14(20)21)9-19-15(22)16(10-18)7-1-2-8-16/h3-6,13H,1-2,7-9H2,(H,19,22)(H,20,21). The van der Waals surface area contributed by atoms with Crippen LogP contribution in [0.4, 0.5) is 4.39 Å². The van der Waals surface area contributed by atoms with Crippen LogP contribution < -0.4 is 10.1 Å². The van der Waals surface area contributed by atoms with Crippen molar-refractivity contribution >= 4 is 11.9 Å². The van der Waals surface area contributed by atoms with Gasteiger partial charge in [-0.05, 0) is 37.1 Å². The molecule has 1 unspecified atom stereocenters. The predicted molar refractivity (Wildman–Crippen MR) is 78.0 cm³/mol. The Balaban J connectivity index is 1.97. The van der Waals surface area contributed by atoms with Crippen LogP contribution in [-0.4, -0.2) is 29.6 Å². The molecule has 0 aromatic heterocycles. The number of carboxylic acid groups (broad SMARTS) is 1. The van der Waals surface area contributed by atoms with Gasteiger partial charge in [0, 0.05) is 0 Å². The number of carboxylic acids is 1. The third kappa shape index (κ3) is 3.97. The molecule has 1 amide bonds. The van der Waals surface area contributed by atoms with Gasteiger partial charge >= 0.3 is 5.97 Å². The van der Waals surface area contributed by atoms with Crippen molar-refractivity contribution in [1.82, 2.24) is 5.32 Å². The summed E-state index contributed by atoms with van der Waals surface area (Å²) >= 11 is 0. The summed E-state index contributed by atoms with van der Waals surface area (Å²) in [6, 6.07) is 6.95. The van der Waals surface area contributed by atoms with Crippen LogP contribution in [0, 0.1) is 22.6 Å². The van der Waals surface area contributed by atoms with Crippen LogP contribution in [0.3, 0.4) is 0 Å². The van der Waals surface area contributed by atoms with E-state index >= 15 is 0 Å². The fraction of sp³-hybridized carbons (Fsp3) is 0.438. The van der Waals surface area contributed by atoms with Crippen LogP contribution in [0.1, 0.15) is 25.7 Å². The lowest BCUT2D eigenvalue weighted by Crippen LogP contribution is -2.45. The highest BCUT2D eigenvalue weighted by Gasteiger charge is 2.41. The van der Waals surface area contributed by atoms with Crippen LogP contribution >= 0.6 is 0 Å². The van der Waals surface area contributed by atoms with Gasteiger partial charge in [0.25, 0.3) is 0 Å². The molecule has 0 heterocycles. The molecular formula is C16H17FN2O4. The fourth-order valence-electron chi connectivity index (χ4n) is 2.58. The van der Waals surface area contributed by atoms with Crippen molar-refractivity contribution in [2.45, 2.75) is 31.8 Å². The molecule has 1 aliphatic carbocycles. The largest absolute Gasteiger partial charge is 0.478 e. The van der Waals surface area contributed by atoms with Crippen molar-refractivity contribution in [3.05, 3.63) is 30.1 Å². The molecule has 0 radical (unpaired) electrons. The number of nitrogens with zero attached hydrogens (tertiary/aromatic N) is 1. The Morgan fingerprint density at radius 2 is 1.96 bits per heavy atom. The second-order valence-corrected chi connectivity index (χ2v) is 5.51. The van der Waals surface area contributed by atoms with Gasteiger partial charge in [0.15, 0.2) is 0 Å². The molecular weight excluding hydrogens is 303 g/mol. The van der Waals surface area contributed by atoms with Crippen molar-refractivity contribution < 1.29 is 23.8 Å². The molecule has 0 spiro atoms. The maximum atomic E-state index is 12.8. The fourth-order valence-corrected chi connectivity index (χ4v) is 2.58. The molecule has 1 saturated carbocycles. The molecule has 1 aromatic rings. The number of nitriles is 1. The first-order valence-corrected chi connectivity index (χ1v) is 7.31. The van der Waals surface area contributed by atoms with Crippen LogP contribution in [0.2, 0.25) is 0 Å². The molecule has 122 valence electrons. The highest BCUT2D eigenvalue weighted by molar-refractivity contribution is 5.86. The Hall–Kier alpha value is -2.62. The molecule has 23 heavy (non-hydrogen) atoms. The van der Waals surface area contributed by atoms with Gasteiger partial charge in [0.05, 0.1) is 12.6 Å². The second-order valence-electron chi connectivity index (χ2n) is 5.51. The normalized spacial score (nSPS) is 17.0. The zero-order chi connectivity index (χ0) is 16.9. The molecule has 2 rings (SSSR count). The number of rotatable bonds is 6. The number of aliphatic carboxylic acids is 1. The van der Waals surface area contributed by atoms with E-state index < -0.39 is 29.2 Å². The first kappa shape index (κ1) is 16.7. The van der Waals surface area contributed by atoms with E-state index in [1.807, 2.05) is 6.07 Å². The van der Waals surface area contributed by atoms with Crippen molar-refractivity contribution in [3.8, 4) is 11.8 Å². The van der Waals surface area contributed by atoms with Gasteiger partial charge < -0.3 is 15.2 Å². The Bertz CT molecular complexity index is 618. The number of hydrogen-bond donors (Lipinski definition) is 2. The summed E-state index contributed by atoms with van der Waals surface area (Å²) in [5, 5.41) is 20.9. The van der Waals surface area contributed by atoms with E-state index in [9.17, 15) is 24.3 Å². The molecule has 2 N–H and O–H groups in total. The highest BCUT2D eigenvalue weighted by Crippen LogP contribution is 2.37. The highest BCUT2D eigenvalue weighted by atomic mass is 19.1. The third-order valence-electron chi connectivity index (χ3n) is 3.92. The minimum atomic E-state index is -1.32. The van der Waals surface area contributed by atoms with Gasteiger partial charge in [-0.1, -0.05) is 12.8 Å². The number of benzene rings is 1. The molecule has 0 aliphatic heterocycles. The third-order valence-corrected chi connectivity index (χ3v) is 3.92. The zero-order valence-electron chi connectivity index (χ0n) is 12.4. The number of ether oxygens (including phenoxy) is 1. The molecule has 6 nitrogen and oxygen atoms in total. The van der Waals surface area contributed by atoms with Crippen molar-refractivity contribution in [2.75, 3.05) is 6.54 Å². The maximum absolute atomic E-state index is 12.8. The summed E-state index contributed by atoms with van der Waals surface area (Å²) in [5.41, 5.74) is -1.07. The summed E-state index contributed by atoms with van der Waals surface area (Å²) in [7, 11) is 0. The number of amides is 1. The monoisotopic (exact) mass is 320 g/mol. The molecule has 1 aliphatic rings. The molecule has 7 heteroatoms. The number of carbonyl (C=O) groups is 2. The van der Waals surface area contributed by atoms with Crippen molar-refractivity contribution in [3.63, 3.8) is 0 Å². The number of nitrogens with one attached hydrogen (secondary N) is 1. The van der Waals surface area contributed by atoms with Gasteiger partial charge in [-0.15, -0.1) is 0 Å². The summed E-state index contributed by atoms with van der Waals surface area (Å²) in [4.78, 5) is 23.4. The van der Waals surface area contributed by atoms with Gasteiger partial charge in [-0.3, -0.25) is 4.79 Å². The predicted octanol–water partition coefficient (Wildman–Crippen LogP) is 1.86. The van der Waals surface area contributed by atoms with E-state index in [2.05, 4.69) is 5.32 Å². The lowest BCUT2D eigenvalue weighted by atomic mass is 9.87. The first-order chi connectivity index (χ1) is 11.0. The Labute approximate surface area is 132 Å². The lowest BCUT2D eigenvalue weighted by molar-refractivity contribution is -0.145. The zero-order valence-corrected chi connectivity index (χ0v) is 12.4. The lowest BCUT2D eigenvalue weighted by Gasteiger charge is -2.21. The van der Waals surface area contributed by atoms with Crippen LogP contribution in [0.15, 0.2) is 24.3 Å². The number of hydrogen-bond acceptors (Lipinski definition) is 4. The van der Waals surface area contributed by atoms with Crippen LogP contribution in [-0.2, 0) is 9.59 Å². The van der Waals surface area contributed by atoms with Gasteiger partial charge in [-0.25, -0.2) is 9.18 Å². The van der Waals surface area contributed by atoms with Crippen molar-refractivity contribution in [2.24, 2.45) is 5.41 Å². The Morgan fingerprint density at radius 3 is 2.48 bits per heavy atom. The van der Waals surface area contributed by atoms with E-state index in [1.165, 1.54) is 12.1 Å². The smallest absolute Gasteiger partial charge is 0.346 e. The van der Waals surface area contributed by atoms with Crippen LogP contribution in [0.25, 0.3) is 0 Å². The summed E-state index contributed by atoms with van der Waals surface area (Å²) in [6.07, 6.45) is 1.24. The van der Waals surface area contributed by atoms with E-state index in [-0.39, 0.29) is 12.3 Å². The second kappa shape index (κ2) is 7.09. The van der Waals surface area contributed by atoms with Crippen LogP contribution in [0.5, 0.6) is 5.75 Å². The van der Waals surface area contributed by atoms with Gasteiger partial charge in [-0.2, -0.15) is 5.26 Å². The first-order valence-electron chi connectivity index (χ1n) is 7.31. The molecule has 0 bridgehead atoms. The quantitative estimate of drug-likeness (QED) is 0.833. The number of halogens is 1. The molecule has 1 fully saturated rings. The van der Waals surface area contributed by atoms with Gasteiger partial charge in [0.1, 0.15) is 17.0 Å². The maximum Gasteiger partial charge on any atom is 0.346 e. The Kier molecular flexibility index (Phi) is 5.16. The molecule has 0 saturated heterocycles. The molecule has 1 aromatic carbocycles. The average Bonchev–Trinajstić information content (AvgIpc) is 3.03. The van der Waals surface area contributed by atoms with Gasteiger partial charge in [0.2, 0.25) is 12.0 Å².